The normalized spacial score (nSPS) is 21.8. The van der Waals surface area contributed by atoms with Crippen molar-refractivity contribution in [2.75, 3.05) is 10.6 Å². The van der Waals surface area contributed by atoms with Crippen molar-refractivity contribution < 1.29 is 0 Å². The van der Waals surface area contributed by atoms with Crippen LogP contribution in [0.5, 0.6) is 0 Å². The highest BCUT2D eigenvalue weighted by Gasteiger charge is 2.15. The summed E-state index contributed by atoms with van der Waals surface area (Å²) in [5, 5.41) is 15.3. The van der Waals surface area contributed by atoms with Crippen LogP contribution in [0.4, 0.5) is 11.8 Å². The lowest BCUT2D eigenvalue weighted by molar-refractivity contribution is 0.608. The molecule has 0 unspecified atom stereocenters. The van der Waals surface area contributed by atoms with Gasteiger partial charge in [0.1, 0.15) is 0 Å². The first-order chi connectivity index (χ1) is 10.9. The van der Waals surface area contributed by atoms with E-state index in [-0.39, 0.29) is 0 Å². The number of aromatic nitrogens is 3. The van der Waals surface area contributed by atoms with Crippen LogP contribution in [-0.2, 0) is 0 Å². The minimum atomic E-state index is 0.512. The SMILES string of the molecule is c1nnc(NC2CCCCCC2)nc1NC1CCCCCC1. The maximum Gasteiger partial charge on any atom is 0.244 e. The zero-order valence-corrected chi connectivity index (χ0v) is 13.6. The highest BCUT2D eigenvalue weighted by atomic mass is 15.3. The summed E-state index contributed by atoms with van der Waals surface area (Å²) in [6, 6.07) is 1.06. The zero-order chi connectivity index (χ0) is 15.0. The van der Waals surface area contributed by atoms with Gasteiger partial charge < -0.3 is 10.6 Å². The van der Waals surface area contributed by atoms with Crippen molar-refractivity contribution in [3.05, 3.63) is 6.20 Å². The van der Waals surface area contributed by atoms with Gasteiger partial charge in [0.25, 0.3) is 0 Å². The van der Waals surface area contributed by atoms with Crippen molar-refractivity contribution in [1.29, 1.82) is 0 Å². The van der Waals surface area contributed by atoms with E-state index in [1.165, 1.54) is 77.0 Å². The highest BCUT2D eigenvalue weighted by molar-refractivity contribution is 5.38. The van der Waals surface area contributed by atoms with E-state index in [0.29, 0.717) is 18.0 Å². The van der Waals surface area contributed by atoms with Gasteiger partial charge in [0.05, 0.1) is 6.20 Å². The standard InChI is InChI=1S/C17H29N5/c1-2-6-10-14(9-5-1)19-16-13-18-22-17(21-16)20-15-11-7-3-4-8-12-15/h13-15H,1-12H2,(H2,19,20,21,22). The van der Waals surface area contributed by atoms with E-state index >= 15 is 0 Å². The van der Waals surface area contributed by atoms with E-state index in [0.717, 1.165) is 5.82 Å². The molecule has 1 aromatic heterocycles. The average Bonchev–Trinajstić information content (AvgIpc) is 2.93. The van der Waals surface area contributed by atoms with E-state index in [2.05, 4.69) is 25.8 Å². The van der Waals surface area contributed by atoms with E-state index < -0.39 is 0 Å². The third kappa shape index (κ3) is 4.82. The molecule has 0 saturated heterocycles. The Hall–Kier alpha value is -1.39. The van der Waals surface area contributed by atoms with Gasteiger partial charge in [-0.15, -0.1) is 5.10 Å². The largest absolute Gasteiger partial charge is 0.366 e. The Morgan fingerprint density at radius 2 is 1.27 bits per heavy atom. The molecule has 22 heavy (non-hydrogen) atoms. The topological polar surface area (TPSA) is 62.7 Å². The van der Waals surface area contributed by atoms with Crippen molar-refractivity contribution in [1.82, 2.24) is 15.2 Å². The van der Waals surface area contributed by atoms with E-state index in [1.54, 1.807) is 6.20 Å². The Balaban J connectivity index is 1.56. The first-order valence-corrected chi connectivity index (χ1v) is 9.13. The van der Waals surface area contributed by atoms with Gasteiger partial charge in [0.2, 0.25) is 5.95 Å². The van der Waals surface area contributed by atoms with E-state index in [1.807, 2.05) is 0 Å². The molecule has 3 rings (SSSR count). The predicted octanol–water partition coefficient (Wildman–Crippen LogP) is 4.14. The Morgan fingerprint density at radius 1 is 0.727 bits per heavy atom. The Bertz CT molecular complexity index is 397. The molecule has 2 saturated carbocycles. The fraction of sp³-hybridized carbons (Fsp3) is 0.824. The lowest BCUT2D eigenvalue weighted by Gasteiger charge is -2.18. The van der Waals surface area contributed by atoms with Crippen molar-refractivity contribution in [3.8, 4) is 0 Å². The fourth-order valence-electron chi connectivity index (χ4n) is 3.67. The highest BCUT2D eigenvalue weighted by Crippen LogP contribution is 2.22. The number of hydrogen-bond donors (Lipinski definition) is 2. The fourth-order valence-corrected chi connectivity index (χ4v) is 3.67. The van der Waals surface area contributed by atoms with Crippen molar-refractivity contribution in [2.45, 2.75) is 89.1 Å². The summed E-state index contributed by atoms with van der Waals surface area (Å²) in [7, 11) is 0. The number of anilines is 2. The summed E-state index contributed by atoms with van der Waals surface area (Å²) in [5.74, 6) is 1.56. The molecule has 2 aliphatic rings. The van der Waals surface area contributed by atoms with Crippen molar-refractivity contribution in [2.24, 2.45) is 0 Å². The molecule has 5 heteroatoms. The second kappa shape index (κ2) is 8.30. The molecule has 5 nitrogen and oxygen atoms in total. The third-order valence-corrected chi connectivity index (χ3v) is 4.95. The summed E-state index contributed by atoms with van der Waals surface area (Å²) < 4.78 is 0. The molecule has 122 valence electrons. The number of hydrogen-bond acceptors (Lipinski definition) is 5. The molecular formula is C17H29N5. The van der Waals surface area contributed by atoms with Crippen LogP contribution in [0.15, 0.2) is 6.20 Å². The summed E-state index contributed by atoms with van der Waals surface area (Å²) in [6.07, 6.45) is 17.4. The molecule has 0 amide bonds. The first-order valence-electron chi connectivity index (χ1n) is 9.13. The molecule has 2 N–H and O–H groups in total. The van der Waals surface area contributed by atoms with Crippen LogP contribution in [0.25, 0.3) is 0 Å². The molecule has 2 aliphatic carbocycles. The second-order valence-corrected chi connectivity index (χ2v) is 6.83. The van der Waals surface area contributed by atoms with Crippen LogP contribution >= 0.6 is 0 Å². The Morgan fingerprint density at radius 3 is 1.86 bits per heavy atom. The van der Waals surface area contributed by atoms with Crippen LogP contribution in [-0.4, -0.2) is 27.3 Å². The minimum absolute atomic E-state index is 0.512. The van der Waals surface area contributed by atoms with Gasteiger partial charge in [-0.25, -0.2) is 0 Å². The molecule has 0 atom stereocenters. The van der Waals surface area contributed by atoms with Gasteiger partial charge in [0, 0.05) is 12.1 Å². The minimum Gasteiger partial charge on any atom is -0.366 e. The van der Waals surface area contributed by atoms with E-state index in [9.17, 15) is 0 Å². The van der Waals surface area contributed by atoms with Crippen LogP contribution in [0.1, 0.15) is 77.0 Å². The Kier molecular flexibility index (Phi) is 5.85. The lowest BCUT2D eigenvalue weighted by Crippen LogP contribution is -2.22. The maximum absolute atomic E-state index is 4.63. The monoisotopic (exact) mass is 303 g/mol. The van der Waals surface area contributed by atoms with Crippen LogP contribution < -0.4 is 10.6 Å². The average molecular weight is 303 g/mol. The number of nitrogens with one attached hydrogen (secondary N) is 2. The van der Waals surface area contributed by atoms with Crippen LogP contribution in [0.2, 0.25) is 0 Å². The predicted molar refractivity (Wildman–Crippen MR) is 90.1 cm³/mol. The molecule has 0 aliphatic heterocycles. The molecular weight excluding hydrogens is 274 g/mol. The van der Waals surface area contributed by atoms with Gasteiger partial charge in [0.15, 0.2) is 5.82 Å². The summed E-state index contributed by atoms with van der Waals surface area (Å²) in [6.45, 7) is 0. The number of rotatable bonds is 4. The van der Waals surface area contributed by atoms with Crippen LogP contribution in [0, 0.1) is 0 Å². The first kappa shape index (κ1) is 15.5. The summed E-state index contributed by atoms with van der Waals surface area (Å²) in [4.78, 5) is 4.63. The van der Waals surface area contributed by atoms with Gasteiger partial charge >= 0.3 is 0 Å². The smallest absolute Gasteiger partial charge is 0.244 e. The summed E-state index contributed by atoms with van der Waals surface area (Å²) >= 11 is 0. The molecule has 2 fully saturated rings. The van der Waals surface area contributed by atoms with Crippen molar-refractivity contribution in [3.63, 3.8) is 0 Å². The maximum atomic E-state index is 4.63. The molecule has 0 bridgehead atoms. The van der Waals surface area contributed by atoms with Crippen molar-refractivity contribution >= 4 is 11.8 Å². The zero-order valence-electron chi connectivity index (χ0n) is 13.6. The molecule has 1 aromatic rings. The quantitative estimate of drug-likeness (QED) is 0.818. The third-order valence-electron chi connectivity index (χ3n) is 4.95. The number of nitrogens with zero attached hydrogens (tertiary/aromatic N) is 3. The molecule has 0 radical (unpaired) electrons. The van der Waals surface area contributed by atoms with Crippen LogP contribution in [0.3, 0.4) is 0 Å². The molecule has 0 spiro atoms. The van der Waals surface area contributed by atoms with Gasteiger partial charge in [-0.05, 0) is 25.7 Å². The lowest BCUT2D eigenvalue weighted by atomic mass is 10.1. The van der Waals surface area contributed by atoms with E-state index in [4.69, 9.17) is 0 Å². The van der Waals surface area contributed by atoms with Gasteiger partial charge in [-0.1, -0.05) is 51.4 Å². The molecule has 1 heterocycles. The molecule has 0 aromatic carbocycles. The van der Waals surface area contributed by atoms with Gasteiger partial charge in [-0.2, -0.15) is 10.1 Å². The van der Waals surface area contributed by atoms with Gasteiger partial charge in [-0.3, -0.25) is 0 Å². The Labute approximate surface area is 133 Å². The second-order valence-electron chi connectivity index (χ2n) is 6.83. The summed E-state index contributed by atoms with van der Waals surface area (Å²) in [5.41, 5.74) is 0.